The predicted molar refractivity (Wildman–Crippen MR) is 122 cm³/mol. The van der Waals surface area contributed by atoms with Crippen LogP contribution < -0.4 is 0 Å². The molecule has 2 aromatic carbocycles. The van der Waals surface area contributed by atoms with Gasteiger partial charge in [-0.3, -0.25) is 0 Å². The summed E-state index contributed by atoms with van der Waals surface area (Å²) in [5.74, 6) is -0.592. The van der Waals surface area contributed by atoms with Crippen molar-refractivity contribution in [2.24, 2.45) is 0 Å². The van der Waals surface area contributed by atoms with Crippen LogP contribution in [-0.4, -0.2) is 50.0 Å². The smallest absolute Gasteiger partial charge is 0.338 e. The van der Waals surface area contributed by atoms with E-state index in [0.29, 0.717) is 32.0 Å². The van der Waals surface area contributed by atoms with Crippen LogP contribution in [0.4, 0.5) is 0 Å². The normalized spacial score (nSPS) is 14.9. The van der Waals surface area contributed by atoms with Crippen LogP contribution in [0.1, 0.15) is 28.5 Å². The standard InChI is InChI=1S/C23H24N2O5S2/c1-2-17-6-8-18(9-7-17)22-24-20(16-31-22)15-30-23(26)19-4-3-5-21(14-19)32(27,28)25-10-12-29-13-11-25/h3-9,14,16H,2,10-13,15H2,1H3. The van der Waals surface area contributed by atoms with Gasteiger partial charge < -0.3 is 9.47 Å². The molecule has 1 aliphatic heterocycles. The van der Waals surface area contributed by atoms with Gasteiger partial charge >= 0.3 is 5.97 Å². The van der Waals surface area contributed by atoms with Crippen molar-refractivity contribution in [2.45, 2.75) is 24.8 Å². The molecule has 0 N–H and O–H groups in total. The van der Waals surface area contributed by atoms with E-state index in [-0.39, 0.29) is 17.1 Å². The summed E-state index contributed by atoms with van der Waals surface area (Å²) in [5.41, 5.74) is 3.11. The number of rotatable bonds is 7. The number of thiazole rings is 1. The summed E-state index contributed by atoms with van der Waals surface area (Å²) in [4.78, 5) is 17.2. The maximum absolute atomic E-state index is 12.8. The monoisotopic (exact) mass is 472 g/mol. The average molecular weight is 473 g/mol. The minimum atomic E-state index is -3.68. The lowest BCUT2D eigenvalue weighted by Gasteiger charge is -2.26. The fraction of sp³-hybridized carbons (Fsp3) is 0.304. The molecular formula is C23H24N2O5S2. The van der Waals surface area contributed by atoms with Gasteiger partial charge in [-0.2, -0.15) is 4.31 Å². The van der Waals surface area contributed by atoms with Crippen molar-refractivity contribution < 1.29 is 22.7 Å². The Labute approximate surface area is 191 Å². The van der Waals surface area contributed by atoms with Crippen LogP contribution in [0.5, 0.6) is 0 Å². The molecule has 0 saturated carbocycles. The second-order valence-electron chi connectivity index (χ2n) is 7.31. The van der Waals surface area contributed by atoms with E-state index in [0.717, 1.165) is 17.0 Å². The van der Waals surface area contributed by atoms with Gasteiger partial charge in [0.15, 0.2) is 0 Å². The molecule has 0 unspecified atom stereocenters. The van der Waals surface area contributed by atoms with Crippen molar-refractivity contribution in [1.82, 2.24) is 9.29 Å². The lowest BCUT2D eigenvalue weighted by Crippen LogP contribution is -2.40. The zero-order chi connectivity index (χ0) is 22.6. The van der Waals surface area contributed by atoms with Gasteiger partial charge in [-0.05, 0) is 30.2 Å². The summed E-state index contributed by atoms with van der Waals surface area (Å²) in [6, 6.07) is 14.2. The second kappa shape index (κ2) is 9.91. The number of benzene rings is 2. The molecule has 7 nitrogen and oxygen atoms in total. The first kappa shape index (κ1) is 22.6. The van der Waals surface area contributed by atoms with E-state index >= 15 is 0 Å². The van der Waals surface area contributed by atoms with Gasteiger partial charge in [-0.15, -0.1) is 11.3 Å². The van der Waals surface area contributed by atoms with Gasteiger partial charge in [0.25, 0.3) is 0 Å². The van der Waals surface area contributed by atoms with E-state index in [1.807, 2.05) is 17.5 Å². The first-order valence-electron chi connectivity index (χ1n) is 10.4. The van der Waals surface area contributed by atoms with Crippen molar-refractivity contribution in [2.75, 3.05) is 26.3 Å². The molecule has 1 aromatic heterocycles. The van der Waals surface area contributed by atoms with Crippen LogP contribution in [0.15, 0.2) is 58.8 Å². The number of hydrogen-bond donors (Lipinski definition) is 0. The van der Waals surface area contributed by atoms with Crippen molar-refractivity contribution in [1.29, 1.82) is 0 Å². The van der Waals surface area contributed by atoms with Crippen LogP contribution in [0.3, 0.4) is 0 Å². The summed E-state index contributed by atoms with van der Waals surface area (Å²) in [5, 5.41) is 2.72. The topological polar surface area (TPSA) is 85.8 Å². The Balaban J connectivity index is 1.41. The van der Waals surface area contributed by atoms with Crippen molar-refractivity contribution >= 4 is 27.3 Å². The Bertz CT molecular complexity index is 1180. The first-order valence-corrected chi connectivity index (χ1v) is 12.7. The molecule has 0 aliphatic carbocycles. The number of morpholine rings is 1. The SMILES string of the molecule is CCc1ccc(-c2nc(COC(=O)c3cccc(S(=O)(=O)N4CCOCC4)c3)cs2)cc1. The van der Waals surface area contributed by atoms with E-state index < -0.39 is 16.0 Å². The van der Waals surface area contributed by atoms with Crippen LogP contribution in [-0.2, 0) is 32.5 Å². The average Bonchev–Trinajstić information content (AvgIpc) is 3.32. The van der Waals surface area contributed by atoms with E-state index in [1.165, 1.54) is 33.3 Å². The number of esters is 1. The maximum atomic E-state index is 12.8. The van der Waals surface area contributed by atoms with Gasteiger partial charge in [0.2, 0.25) is 10.0 Å². The Kier molecular flexibility index (Phi) is 7.00. The quantitative estimate of drug-likeness (QED) is 0.487. The summed E-state index contributed by atoms with van der Waals surface area (Å²) < 4.78 is 37.6. The van der Waals surface area contributed by atoms with Gasteiger partial charge in [-0.1, -0.05) is 37.3 Å². The number of hydrogen-bond acceptors (Lipinski definition) is 7. The van der Waals surface area contributed by atoms with E-state index in [4.69, 9.17) is 9.47 Å². The van der Waals surface area contributed by atoms with E-state index in [2.05, 4.69) is 24.0 Å². The Morgan fingerprint density at radius 1 is 1.16 bits per heavy atom. The zero-order valence-electron chi connectivity index (χ0n) is 17.7. The Morgan fingerprint density at radius 2 is 1.91 bits per heavy atom. The maximum Gasteiger partial charge on any atom is 0.338 e. The molecule has 1 saturated heterocycles. The molecule has 3 aromatic rings. The number of aromatic nitrogens is 1. The molecule has 4 rings (SSSR count). The predicted octanol–water partition coefficient (Wildman–Crippen LogP) is 3.75. The van der Waals surface area contributed by atoms with Gasteiger partial charge in [0.05, 0.1) is 29.4 Å². The molecule has 0 bridgehead atoms. The minimum Gasteiger partial charge on any atom is -0.456 e. The number of sulfonamides is 1. The highest BCUT2D eigenvalue weighted by molar-refractivity contribution is 7.89. The third-order valence-corrected chi connectivity index (χ3v) is 8.02. The Morgan fingerprint density at radius 3 is 2.62 bits per heavy atom. The van der Waals surface area contributed by atoms with Crippen LogP contribution >= 0.6 is 11.3 Å². The molecule has 0 amide bonds. The number of ether oxygens (including phenoxy) is 2. The van der Waals surface area contributed by atoms with Crippen molar-refractivity contribution in [3.05, 3.63) is 70.7 Å². The molecule has 0 radical (unpaired) electrons. The fourth-order valence-electron chi connectivity index (χ4n) is 3.33. The van der Waals surface area contributed by atoms with Gasteiger partial charge in [0, 0.05) is 24.0 Å². The summed E-state index contributed by atoms with van der Waals surface area (Å²) in [6.45, 7) is 3.44. The number of carbonyl (C=O) groups is 1. The van der Waals surface area contributed by atoms with Crippen molar-refractivity contribution in [3.63, 3.8) is 0 Å². The molecule has 32 heavy (non-hydrogen) atoms. The number of aryl methyl sites for hydroxylation is 1. The minimum absolute atomic E-state index is 0.0167. The molecular weight excluding hydrogens is 448 g/mol. The van der Waals surface area contributed by atoms with Crippen LogP contribution in [0.2, 0.25) is 0 Å². The molecule has 0 atom stereocenters. The molecule has 0 spiro atoms. The highest BCUT2D eigenvalue weighted by atomic mass is 32.2. The third-order valence-electron chi connectivity index (χ3n) is 5.19. The Hall–Kier alpha value is -2.59. The molecule has 168 valence electrons. The molecule has 1 fully saturated rings. The lowest BCUT2D eigenvalue weighted by molar-refractivity contribution is 0.0468. The highest BCUT2D eigenvalue weighted by Gasteiger charge is 2.27. The van der Waals surface area contributed by atoms with Gasteiger partial charge in [0.1, 0.15) is 11.6 Å². The molecule has 1 aliphatic rings. The summed E-state index contributed by atoms with van der Waals surface area (Å²) in [7, 11) is -3.68. The summed E-state index contributed by atoms with van der Waals surface area (Å²) in [6.07, 6.45) is 0.980. The largest absolute Gasteiger partial charge is 0.456 e. The molecule has 2 heterocycles. The number of nitrogens with zero attached hydrogens (tertiary/aromatic N) is 2. The zero-order valence-corrected chi connectivity index (χ0v) is 19.3. The number of carbonyl (C=O) groups excluding carboxylic acids is 1. The van der Waals surface area contributed by atoms with Crippen molar-refractivity contribution in [3.8, 4) is 10.6 Å². The van der Waals surface area contributed by atoms with E-state index in [1.54, 1.807) is 12.1 Å². The fourth-order valence-corrected chi connectivity index (χ4v) is 5.60. The molecule has 9 heteroatoms. The third kappa shape index (κ3) is 5.07. The van der Waals surface area contributed by atoms with Crippen LogP contribution in [0.25, 0.3) is 10.6 Å². The van der Waals surface area contributed by atoms with Crippen LogP contribution in [0, 0.1) is 0 Å². The highest BCUT2D eigenvalue weighted by Crippen LogP contribution is 2.25. The van der Waals surface area contributed by atoms with Gasteiger partial charge in [-0.25, -0.2) is 18.2 Å². The van der Waals surface area contributed by atoms with E-state index in [9.17, 15) is 13.2 Å². The lowest BCUT2D eigenvalue weighted by atomic mass is 10.1. The second-order valence-corrected chi connectivity index (χ2v) is 10.1. The first-order chi connectivity index (χ1) is 15.5. The summed E-state index contributed by atoms with van der Waals surface area (Å²) >= 11 is 1.49.